The van der Waals surface area contributed by atoms with Crippen molar-refractivity contribution in [1.82, 2.24) is 14.4 Å². The molecule has 0 radical (unpaired) electrons. The summed E-state index contributed by atoms with van der Waals surface area (Å²) in [6.07, 6.45) is 5.63. The Morgan fingerprint density at radius 1 is 0.846 bits per heavy atom. The van der Waals surface area contributed by atoms with Crippen molar-refractivity contribution in [3.63, 3.8) is 0 Å². The summed E-state index contributed by atoms with van der Waals surface area (Å²) in [5.74, 6) is 0.287. The minimum absolute atomic E-state index is 0.143. The summed E-state index contributed by atoms with van der Waals surface area (Å²) in [4.78, 5) is 28.9. The van der Waals surface area contributed by atoms with Crippen LogP contribution in [0.5, 0.6) is 0 Å². The molecule has 138 valence electrons. The van der Waals surface area contributed by atoms with E-state index < -0.39 is 0 Å². The molecule has 0 unspecified atom stereocenters. The predicted octanol–water partition coefficient (Wildman–Crippen LogP) is 2.18. The van der Waals surface area contributed by atoms with Gasteiger partial charge in [-0.05, 0) is 30.5 Å². The summed E-state index contributed by atoms with van der Waals surface area (Å²) in [5, 5.41) is 0. The Morgan fingerprint density at radius 2 is 1.42 bits per heavy atom. The highest BCUT2D eigenvalue weighted by Gasteiger charge is 2.22. The van der Waals surface area contributed by atoms with Gasteiger partial charge in [0.1, 0.15) is 0 Å². The standard InChI is InChI=1S/C21H27N3O2/c1-17-4-6-18(7-5-17)14-20(25)23-9-3-10-24(13-12-23)21(26)15-19-8-11-22(2)16-19/h4-8,11,16H,3,9-10,12-15H2,1-2H3. The fraction of sp³-hybridized carbons (Fsp3) is 0.429. The average molecular weight is 353 g/mol. The Morgan fingerprint density at radius 3 is 1.96 bits per heavy atom. The number of nitrogens with zero attached hydrogens (tertiary/aromatic N) is 3. The molecule has 5 heteroatoms. The third-order valence-corrected chi connectivity index (χ3v) is 4.93. The van der Waals surface area contributed by atoms with Crippen molar-refractivity contribution in [1.29, 1.82) is 0 Å². The predicted molar refractivity (Wildman–Crippen MR) is 102 cm³/mol. The van der Waals surface area contributed by atoms with E-state index in [0.717, 1.165) is 30.6 Å². The molecule has 1 aliphatic rings. The summed E-state index contributed by atoms with van der Waals surface area (Å²) in [6, 6.07) is 10.1. The third kappa shape index (κ3) is 4.75. The molecular formula is C21H27N3O2. The summed E-state index contributed by atoms with van der Waals surface area (Å²) >= 11 is 0. The number of aryl methyl sites for hydroxylation is 2. The van der Waals surface area contributed by atoms with E-state index in [4.69, 9.17) is 0 Å². The van der Waals surface area contributed by atoms with Gasteiger partial charge in [-0.3, -0.25) is 9.59 Å². The van der Waals surface area contributed by atoms with E-state index >= 15 is 0 Å². The van der Waals surface area contributed by atoms with Gasteiger partial charge in [0.2, 0.25) is 11.8 Å². The van der Waals surface area contributed by atoms with E-state index in [2.05, 4.69) is 0 Å². The maximum atomic E-state index is 12.6. The average Bonchev–Trinajstić information content (AvgIpc) is 2.87. The molecule has 1 saturated heterocycles. The molecule has 3 rings (SSSR count). The normalized spacial score (nSPS) is 15.0. The molecule has 1 aliphatic heterocycles. The molecule has 0 N–H and O–H groups in total. The van der Waals surface area contributed by atoms with Gasteiger partial charge in [-0.15, -0.1) is 0 Å². The summed E-state index contributed by atoms with van der Waals surface area (Å²) in [7, 11) is 1.96. The van der Waals surface area contributed by atoms with E-state index in [-0.39, 0.29) is 11.8 Å². The Hall–Kier alpha value is -2.56. The smallest absolute Gasteiger partial charge is 0.227 e. The summed E-state index contributed by atoms with van der Waals surface area (Å²) < 4.78 is 1.95. The maximum absolute atomic E-state index is 12.6. The molecule has 5 nitrogen and oxygen atoms in total. The fourth-order valence-electron chi connectivity index (χ4n) is 3.36. The Kier molecular flexibility index (Phi) is 5.76. The molecule has 0 atom stereocenters. The van der Waals surface area contributed by atoms with E-state index in [1.54, 1.807) is 0 Å². The number of carbonyl (C=O) groups is 2. The van der Waals surface area contributed by atoms with Gasteiger partial charge in [0.15, 0.2) is 0 Å². The maximum Gasteiger partial charge on any atom is 0.227 e. The molecule has 0 aliphatic carbocycles. The van der Waals surface area contributed by atoms with Gasteiger partial charge in [-0.1, -0.05) is 29.8 Å². The van der Waals surface area contributed by atoms with Crippen molar-refractivity contribution in [2.75, 3.05) is 26.2 Å². The van der Waals surface area contributed by atoms with Gasteiger partial charge in [0.05, 0.1) is 12.8 Å². The summed E-state index contributed by atoms with van der Waals surface area (Å²) in [6.45, 7) is 4.72. The first kappa shape index (κ1) is 18.2. The molecule has 0 spiro atoms. The quantitative estimate of drug-likeness (QED) is 0.846. The SMILES string of the molecule is Cc1ccc(CC(=O)N2CCCN(C(=O)Cc3ccn(C)c3)CC2)cc1. The minimum Gasteiger partial charge on any atom is -0.357 e. The lowest BCUT2D eigenvalue weighted by Crippen LogP contribution is -2.38. The molecule has 2 aromatic rings. The number of aromatic nitrogens is 1. The monoisotopic (exact) mass is 353 g/mol. The number of hydrogen-bond donors (Lipinski definition) is 0. The highest BCUT2D eigenvalue weighted by atomic mass is 16.2. The second-order valence-corrected chi connectivity index (χ2v) is 7.14. The van der Waals surface area contributed by atoms with Gasteiger partial charge in [0.25, 0.3) is 0 Å². The molecule has 1 fully saturated rings. The van der Waals surface area contributed by atoms with Crippen LogP contribution < -0.4 is 0 Å². The molecule has 2 heterocycles. The zero-order chi connectivity index (χ0) is 18.5. The van der Waals surface area contributed by atoms with Crippen LogP contribution in [0.25, 0.3) is 0 Å². The highest BCUT2D eigenvalue weighted by Crippen LogP contribution is 2.11. The Bertz CT molecular complexity index is 764. The number of benzene rings is 1. The fourth-order valence-corrected chi connectivity index (χ4v) is 3.36. The summed E-state index contributed by atoms with van der Waals surface area (Å²) in [5.41, 5.74) is 3.28. The number of hydrogen-bond acceptors (Lipinski definition) is 2. The van der Waals surface area contributed by atoms with E-state index in [1.165, 1.54) is 5.56 Å². The van der Waals surface area contributed by atoms with E-state index in [0.29, 0.717) is 25.9 Å². The lowest BCUT2D eigenvalue weighted by molar-refractivity contribution is -0.132. The van der Waals surface area contributed by atoms with Crippen LogP contribution in [0.4, 0.5) is 0 Å². The number of rotatable bonds is 4. The number of carbonyl (C=O) groups excluding carboxylic acids is 2. The van der Waals surface area contributed by atoms with Crippen LogP contribution in [-0.4, -0.2) is 52.4 Å². The van der Waals surface area contributed by atoms with Crippen LogP contribution in [0.1, 0.15) is 23.1 Å². The van der Waals surface area contributed by atoms with Crippen LogP contribution in [-0.2, 0) is 29.5 Å². The molecule has 1 aromatic carbocycles. The first-order valence-electron chi connectivity index (χ1n) is 9.23. The van der Waals surface area contributed by atoms with Crippen molar-refractivity contribution >= 4 is 11.8 Å². The lowest BCUT2D eigenvalue weighted by Gasteiger charge is -2.22. The van der Waals surface area contributed by atoms with Crippen molar-refractivity contribution in [3.8, 4) is 0 Å². The van der Waals surface area contributed by atoms with Gasteiger partial charge < -0.3 is 14.4 Å². The Labute approximate surface area is 155 Å². The number of amides is 2. The van der Waals surface area contributed by atoms with Gasteiger partial charge in [-0.25, -0.2) is 0 Å². The van der Waals surface area contributed by atoms with Crippen LogP contribution >= 0.6 is 0 Å². The lowest BCUT2D eigenvalue weighted by atomic mass is 10.1. The van der Waals surface area contributed by atoms with Crippen molar-refractivity contribution in [3.05, 3.63) is 59.4 Å². The Balaban J connectivity index is 1.53. The molecule has 0 saturated carbocycles. The first-order chi connectivity index (χ1) is 12.5. The van der Waals surface area contributed by atoms with Gasteiger partial charge in [0, 0.05) is 45.6 Å². The zero-order valence-electron chi connectivity index (χ0n) is 15.6. The van der Waals surface area contributed by atoms with Crippen LogP contribution in [0.3, 0.4) is 0 Å². The van der Waals surface area contributed by atoms with Crippen molar-refractivity contribution in [2.24, 2.45) is 7.05 Å². The molecule has 0 bridgehead atoms. The van der Waals surface area contributed by atoms with Crippen LogP contribution in [0.15, 0.2) is 42.7 Å². The van der Waals surface area contributed by atoms with Crippen LogP contribution in [0.2, 0.25) is 0 Å². The van der Waals surface area contributed by atoms with Crippen molar-refractivity contribution in [2.45, 2.75) is 26.2 Å². The van der Waals surface area contributed by atoms with Gasteiger partial charge in [-0.2, -0.15) is 0 Å². The topological polar surface area (TPSA) is 45.6 Å². The second kappa shape index (κ2) is 8.21. The third-order valence-electron chi connectivity index (χ3n) is 4.93. The van der Waals surface area contributed by atoms with Crippen molar-refractivity contribution < 1.29 is 9.59 Å². The van der Waals surface area contributed by atoms with E-state index in [9.17, 15) is 9.59 Å². The second-order valence-electron chi connectivity index (χ2n) is 7.14. The first-order valence-corrected chi connectivity index (χ1v) is 9.23. The molecular weight excluding hydrogens is 326 g/mol. The minimum atomic E-state index is 0.143. The van der Waals surface area contributed by atoms with E-state index in [1.807, 2.05) is 71.1 Å². The molecule has 2 amide bonds. The largest absolute Gasteiger partial charge is 0.357 e. The van der Waals surface area contributed by atoms with Crippen LogP contribution in [0, 0.1) is 6.92 Å². The zero-order valence-corrected chi connectivity index (χ0v) is 15.6. The molecule has 26 heavy (non-hydrogen) atoms. The highest BCUT2D eigenvalue weighted by molar-refractivity contribution is 5.80. The van der Waals surface area contributed by atoms with Gasteiger partial charge >= 0.3 is 0 Å². The molecule has 1 aromatic heterocycles.